The first-order chi connectivity index (χ1) is 8.76. The number of aliphatic hydroxyl groups is 1. The third-order valence-electron chi connectivity index (χ3n) is 3.50. The summed E-state index contributed by atoms with van der Waals surface area (Å²) >= 11 is 3.46. The summed E-state index contributed by atoms with van der Waals surface area (Å²) in [7, 11) is 0. The minimum absolute atomic E-state index is 0.188. The highest BCUT2D eigenvalue weighted by Crippen LogP contribution is 2.33. The van der Waals surface area contributed by atoms with Gasteiger partial charge in [0.2, 0.25) is 0 Å². The molecule has 0 radical (unpaired) electrons. The molecule has 2 rings (SSSR count). The molecule has 1 N–H and O–H groups in total. The molecule has 4 heteroatoms. The first-order valence-electron chi connectivity index (χ1n) is 6.38. The molecule has 1 aromatic rings. The molecule has 0 heterocycles. The minimum atomic E-state index is 0.188. The van der Waals surface area contributed by atoms with Crippen molar-refractivity contribution in [2.24, 2.45) is 0 Å². The second kappa shape index (κ2) is 6.34. The van der Waals surface area contributed by atoms with Crippen LogP contribution >= 0.6 is 15.9 Å². The van der Waals surface area contributed by atoms with Crippen molar-refractivity contribution in [2.45, 2.75) is 31.7 Å². The van der Waals surface area contributed by atoms with Crippen molar-refractivity contribution >= 4 is 27.9 Å². The molecule has 0 atom stereocenters. The Morgan fingerprint density at radius 1 is 1.44 bits per heavy atom. The first-order valence-corrected chi connectivity index (χ1v) is 7.18. The lowest BCUT2D eigenvalue weighted by molar-refractivity contribution is 0.112. The number of aldehydes is 1. The molecule has 1 fully saturated rings. The number of benzene rings is 1. The molecule has 1 aromatic carbocycles. The van der Waals surface area contributed by atoms with Crippen LogP contribution < -0.4 is 4.90 Å². The number of aliphatic hydroxyl groups excluding tert-OH is 1. The molecule has 0 saturated heterocycles. The fourth-order valence-electron chi connectivity index (χ4n) is 2.30. The number of nitrogens with zero attached hydrogens (tertiary/aromatic N) is 1. The van der Waals surface area contributed by atoms with Gasteiger partial charge < -0.3 is 10.0 Å². The van der Waals surface area contributed by atoms with E-state index in [1.165, 1.54) is 19.3 Å². The molecule has 0 spiro atoms. The summed E-state index contributed by atoms with van der Waals surface area (Å²) in [6.07, 6.45) is 5.25. The summed E-state index contributed by atoms with van der Waals surface area (Å²) in [5.41, 5.74) is 1.71. The predicted octanol–water partition coefficient (Wildman–Crippen LogP) is 3.00. The Labute approximate surface area is 116 Å². The second-order valence-electron chi connectivity index (χ2n) is 4.68. The van der Waals surface area contributed by atoms with Crippen LogP contribution in [0.4, 0.5) is 5.69 Å². The Morgan fingerprint density at radius 2 is 2.22 bits per heavy atom. The van der Waals surface area contributed by atoms with Crippen LogP contribution in [-0.2, 0) is 0 Å². The van der Waals surface area contributed by atoms with E-state index in [0.29, 0.717) is 6.04 Å². The number of anilines is 1. The van der Waals surface area contributed by atoms with Crippen LogP contribution in [0.3, 0.4) is 0 Å². The molecule has 0 aromatic heterocycles. The van der Waals surface area contributed by atoms with E-state index < -0.39 is 0 Å². The first kappa shape index (κ1) is 13.6. The average molecular weight is 312 g/mol. The van der Waals surface area contributed by atoms with Gasteiger partial charge in [-0.1, -0.05) is 15.9 Å². The van der Waals surface area contributed by atoms with E-state index in [-0.39, 0.29) is 6.61 Å². The van der Waals surface area contributed by atoms with Gasteiger partial charge in [0.05, 0.1) is 0 Å². The van der Waals surface area contributed by atoms with Crippen molar-refractivity contribution < 1.29 is 9.90 Å². The van der Waals surface area contributed by atoms with Crippen molar-refractivity contribution in [3.05, 3.63) is 28.2 Å². The Balaban J connectivity index is 2.27. The van der Waals surface area contributed by atoms with Crippen LogP contribution in [0.25, 0.3) is 0 Å². The van der Waals surface area contributed by atoms with Crippen LogP contribution in [0.5, 0.6) is 0 Å². The number of carbonyl (C=O) groups excluding carboxylic acids is 1. The normalized spacial score (nSPS) is 15.2. The molecule has 0 amide bonds. The van der Waals surface area contributed by atoms with E-state index in [2.05, 4.69) is 20.8 Å². The third-order valence-corrected chi connectivity index (χ3v) is 3.99. The number of halogens is 1. The third kappa shape index (κ3) is 2.93. The Morgan fingerprint density at radius 3 is 2.78 bits per heavy atom. The Hall–Kier alpha value is -0.870. The van der Waals surface area contributed by atoms with Crippen LogP contribution in [0.1, 0.15) is 36.0 Å². The fraction of sp³-hybridized carbons (Fsp3) is 0.500. The number of carbonyl (C=O) groups is 1. The van der Waals surface area contributed by atoms with Crippen LogP contribution in [0.2, 0.25) is 0 Å². The van der Waals surface area contributed by atoms with Crippen molar-refractivity contribution in [3.8, 4) is 0 Å². The molecule has 0 aliphatic heterocycles. The van der Waals surface area contributed by atoms with Gasteiger partial charge in [-0.05, 0) is 43.9 Å². The van der Waals surface area contributed by atoms with Gasteiger partial charge in [-0.3, -0.25) is 4.79 Å². The van der Waals surface area contributed by atoms with E-state index >= 15 is 0 Å². The zero-order valence-corrected chi connectivity index (χ0v) is 11.9. The summed E-state index contributed by atoms with van der Waals surface area (Å²) in [4.78, 5) is 13.4. The molecule has 1 saturated carbocycles. The summed E-state index contributed by atoms with van der Waals surface area (Å²) in [5, 5.41) is 9.01. The average Bonchev–Trinajstić information content (AvgIpc) is 2.32. The maximum atomic E-state index is 11.2. The van der Waals surface area contributed by atoms with Gasteiger partial charge in [-0.25, -0.2) is 0 Å². The summed E-state index contributed by atoms with van der Waals surface area (Å²) in [6.45, 7) is 0.992. The minimum Gasteiger partial charge on any atom is -0.396 e. The molecule has 0 bridgehead atoms. The molecular formula is C14H18BrNO2. The molecule has 1 aliphatic carbocycles. The molecule has 1 aliphatic rings. The van der Waals surface area contributed by atoms with Crippen molar-refractivity contribution in [1.29, 1.82) is 0 Å². The molecular weight excluding hydrogens is 294 g/mol. The van der Waals surface area contributed by atoms with E-state index in [1.807, 2.05) is 18.2 Å². The Kier molecular flexibility index (Phi) is 4.78. The van der Waals surface area contributed by atoms with Crippen LogP contribution in [0, 0.1) is 0 Å². The molecule has 3 nitrogen and oxygen atoms in total. The number of hydrogen-bond acceptors (Lipinski definition) is 3. The smallest absolute Gasteiger partial charge is 0.152 e. The van der Waals surface area contributed by atoms with Crippen LogP contribution in [-0.4, -0.2) is 30.6 Å². The summed E-state index contributed by atoms with van der Waals surface area (Å²) in [6, 6.07) is 6.25. The molecule has 18 heavy (non-hydrogen) atoms. The SMILES string of the molecule is O=Cc1ccc(Br)cc1N(CCCO)C1CCC1. The molecule has 98 valence electrons. The van der Waals surface area contributed by atoms with Gasteiger partial charge >= 0.3 is 0 Å². The maximum Gasteiger partial charge on any atom is 0.152 e. The lowest BCUT2D eigenvalue weighted by Gasteiger charge is -2.40. The van der Waals surface area contributed by atoms with Gasteiger partial charge in [0.1, 0.15) is 0 Å². The standard InChI is InChI=1S/C14H18BrNO2/c15-12-6-5-11(10-18)14(9-12)16(7-2-8-17)13-3-1-4-13/h5-6,9-10,13,17H,1-4,7-8H2. The largest absolute Gasteiger partial charge is 0.396 e. The van der Waals surface area contributed by atoms with Crippen molar-refractivity contribution in [2.75, 3.05) is 18.1 Å². The molecule has 0 unspecified atom stereocenters. The van der Waals surface area contributed by atoms with E-state index in [1.54, 1.807) is 0 Å². The number of rotatable bonds is 6. The topological polar surface area (TPSA) is 40.5 Å². The summed E-state index contributed by atoms with van der Waals surface area (Å²) < 4.78 is 0.983. The van der Waals surface area contributed by atoms with Crippen molar-refractivity contribution in [3.63, 3.8) is 0 Å². The maximum absolute atomic E-state index is 11.2. The lowest BCUT2D eigenvalue weighted by Crippen LogP contribution is -2.41. The Bertz CT molecular complexity index is 418. The predicted molar refractivity (Wildman–Crippen MR) is 76.2 cm³/mol. The quantitative estimate of drug-likeness (QED) is 0.821. The second-order valence-corrected chi connectivity index (χ2v) is 5.59. The zero-order valence-electron chi connectivity index (χ0n) is 10.3. The monoisotopic (exact) mass is 311 g/mol. The lowest BCUT2D eigenvalue weighted by atomic mass is 9.90. The highest BCUT2D eigenvalue weighted by molar-refractivity contribution is 9.10. The number of hydrogen-bond donors (Lipinski definition) is 1. The fourth-order valence-corrected chi connectivity index (χ4v) is 2.65. The van der Waals surface area contributed by atoms with Crippen LogP contribution in [0.15, 0.2) is 22.7 Å². The van der Waals surface area contributed by atoms with Gasteiger partial charge in [0.15, 0.2) is 6.29 Å². The van der Waals surface area contributed by atoms with Gasteiger partial charge in [0, 0.05) is 34.9 Å². The van der Waals surface area contributed by atoms with E-state index in [9.17, 15) is 4.79 Å². The van der Waals surface area contributed by atoms with Gasteiger partial charge in [0.25, 0.3) is 0 Å². The highest BCUT2D eigenvalue weighted by Gasteiger charge is 2.26. The van der Waals surface area contributed by atoms with E-state index in [4.69, 9.17) is 5.11 Å². The highest BCUT2D eigenvalue weighted by atomic mass is 79.9. The van der Waals surface area contributed by atoms with Crippen molar-refractivity contribution in [1.82, 2.24) is 0 Å². The zero-order chi connectivity index (χ0) is 13.0. The van der Waals surface area contributed by atoms with Gasteiger partial charge in [-0.15, -0.1) is 0 Å². The summed E-state index contributed by atoms with van der Waals surface area (Å²) in [5.74, 6) is 0. The van der Waals surface area contributed by atoms with Gasteiger partial charge in [-0.2, -0.15) is 0 Å². The van der Waals surface area contributed by atoms with E-state index in [0.717, 1.165) is 35.0 Å².